The van der Waals surface area contributed by atoms with Gasteiger partial charge in [-0.3, -0.25) is 19.3 Å². The zero-order valence-electron chi connectivity index (χ0n) is 8.97. The van der Waals surface area contributed by atoms with Crippen molar-refractivity contribution in [3.8, 4) is 5.75 Å². The number of benzene rings is 1. The van der Waals surface area contributed by atoms with Crippen LogP contribution in [0.1, 0.15) is 20.7 Å². The van der Waals surface area contributed by atoms with Gasteiger partial charge in [-0.05, 0) is 12.1 Å². The molecule has 1 heterocycles. The van der Waals surface area contributed by atoms with Crippen molar-refractivity contribution in [1.29, 1.82) is 0 Å². The van der Waals surface area contributed by atoms with Crippen LogP contribution in [0, 0.1) is 0 Å². The summed E-state index contributed by atoms with van der Waals surface area (Å²) in [5.41, 5.74) is 0.0281. The van der Waals surface area contributed by atoms with Crippen molar-refractivity contribution in [1.82, 2.24) is 4.90 Å². The van der Waals surface area contributed by atoms with E-state index < -0.39 is 24.3 Å². The molecule has 0 aliphatic carbocycles. The molecule has 1 aliphatic heterocycles. The molecular formula is C11H9NO5. The van der Waals surface area contributed by atoms with Gasteiger partial charge in [-0.2, -0.15) is 0 Å². The number of carbonyl (C=O) groups excluding carboxylic acids is 3. The molecule has 0 bridgehead atoms. The molecule has 0 fully saturated rings. The zero-order chi connectivity index (χ0) is 12.6. The maximum absolute atomic E-state index is 11.8. The highest BCUT2D eigenvalue weighted by atomic mass is 16.5. The van der Waals surface area contributed by atoms with E-state index in [0.29, 0.717) is 0 Å². The van der Waals surface area contributed by atoms with E-state index in [1.54, 1.807) is 0 Å². The highest BCUT2D eigenvalue weighted by molar-refractivity contribution is 6.23. The first-order valence-corrected chi connectivity index (χ1v) is 4.81. The summed E-state index contributed by atoms with van der Waals surface area (Å²) in [6.45, 7) is -0.456. The summed E-state index contributed by atoms with van der Waals surface area (Å²) in [6.07, 6.45) is 0. The summed E-state index contributed by atoms with van der Waals surface area (Å²) < 4.78 is 4.39. The minimum atomic E-state index is -0.695. The molecule has 17 heavy (non-hydrogen) atoms. The van der Waals surface area contributed by atoms with Gasteiger partial charge in [0.2, 0.25) is 0 Å². The first kappa shape index (κ1) is 11.1. The standard InChI is InChI=1S/C11H9NO5/c1-17-8(14)5-12-10(15)6-3-2-4-7(13)9(6)11(12)16/h2-4,13H,5H2,1H3. The van der Waals surface area contributed by atoms with Gasteiger partial charge in [-0.1, -0.05) is 6.07 Å². The van der Waals surface area contributed by atoms with E-state index in [-0.39, 0.29) is 16.9 Å². The molecule has 0 radical (unpaired) electrons. The number of ether oxygens (including phenoxy) is 1. The number of nitrogens with zero attached hydrogens (tertiary/aromatic N) is 1. The Labute approximate surface area is 96.4 Å². The lowest BCUT2D eigenvalue weighted by atomic mass is 10.1. The van der Waals surface area contributed by atoms with E-state index in [4.69, 9.17) is 0 Å². The predicted molar refractivity (Wildman–Crippen MR) is 55.5 cm³/mol. The number of amides is 2. The maximum atomic E-state index is 11.8. The van der Waals surface area contributed by atoms with Crippen molar-refractivity contribution >= 4 is 17.8 Å². The van der Waals surface area contributed by atoms with E-state index in [0.717, 1.165) is 12.0 Å². The zero-order valence-corrected chi connectivity index (χ0v) is 8.97. The van der Waals surface area contributed by atoms with Gasteiger partial charge in [0.25, 0.3) is 11.8 Å². The Kier molecular flexibility index (Phi) is 2.55. The molecule has 1 aromatic rings. The third-order valence-electron chi connectivity index (χ3n) is 2.49. The van der Waals surface area contributed by atoms with E-state index >= 15 is 0 Å². The van der Waals surface area contributed by atoms with Gasteiger partial charge in [0, 0.05) is 0 Å². The van der Waals surface area contributed by atoms with Crippen molar-refractivity contribution in [2.24, 2.45) is 0 Å². The highest BCUT2D eigenvalue weighted by Gasteiger charge is 2.38. The summed E-state index contributed by atoms with van der Waals surface area (Å²) in [7, 11) is 1.16. The Hall–Kier alpha value is -2.37. The fourth-order valence-electron chi connectivity index (χ4n) is 1.65. The molecule has 0 saturated carbocycles. The second-order valence-electron chi connectivity index (χ2n) is 3.47. The lowest BCUT2D eigenvalue weighted by Gasteiger charge is -2.11. The first-order valence-electron chi connectivity index (χ1n) is 4.81. The number of methoxy groups -OCH3 is 1. The van der Waals surface area contributed by atoms with Gasteiger partial charge in [0.1, 0.15) is 12.3 Å². The molecule has 0 unspecified atom stereocenters. The van der Waals surface area contributed by atoms with Crippen molar-refractivity contribution < 1.29 is 24.2 Å². The number of fused-ring (bicyclic) bond motifs is 1. The van der Waals surface area contributed by atoms with Gasteiger partial charge < -0.3 is 9.84 Å². The van der Waals surface area contributed by atoms with Crippen molar-refractivity contribution in [2.75, 3.05) is 13.7 Å². The Bertz CT molecular complexity index is 523. The lowest BCUT2D eigenvalue weighted by Crippen LogP contribution is -2.35. The largest absolute Gasteiger partial charge is 0.507 e. The summed E-state index contributed by atoms with van der Waals surface area (Å²) >= 11 is 0. The van der Waals surface area contributed by atoms with Crippen LogP contribution < -0.4 is 0 Å². The summed E-state index contributed by atoms with van der Waals surface area (Å²) in [4.78, 5) is 35.4. The maximum Gasteiger partial charge on any atom is 0.325 e. The van der Waals surface area contributed by atoms with Gasteiger partial charge in [-0.25, -0.2) is 0 Å². The van der Waals surface area contributed by atoms with Crippen LogP contribution in [0.4, 0.5) is 0 Å². The van der Waals surface area contributed by atoms with Crippen molar-refractivity contribution in [3.63, 3.8) is 0 Å². The Morgan fingerprint density at radius 2 is 2.06 bits per heavy atom. The second-order valence-corrected chi connectivity index (χ2v) is 3.47. The van der Waals surface area contributed by atoms with Crippen LogP contribution in [0.3, 0.4) is 0 Å². The smallest absolute Gasteiger partial charge is 0.325 e. The molecule has 0 saturated heterocycles. The van der Waals surface area contributed by atoms with E-state index in [1.807, 2.05) is 0 Å². The van der Waals surface area contributed by atoms with Gasteiger partial charge in [-0.15, -0.1) is 0 Å². The third kappa shape index (κ3) is 1.63. The molecule has 1 aromatic carbocycles. The van der Waals surface area contributed by atoms with Crippen LogP contribution in [0.5, 0.6) is 5.75 Å². The Morgan fingerprint density at radius 3 is 2.65 bits per heavy atom. The molecule has 0 spiro atoms. The predicted octanol–water partition coefficient (Wildman–Crippen LogP) is 0.161. The summed E-state index contributed by atoms with van der Waals surface area (Å²) in [5, 5.41) is 9.51. The molecule has 0 atom stereocenters. The number of esters is 1. The number of phenols is 1. The van der Waals surface area contributed by atoms with E-state index in [9.17, 15) is 19.5 Å². The number of rotatable bonds is 2. The van der Waals surface area contributed by atoms with Crippen LogP contribution in [0.2, 0.25) is 0 Å². The number of hydrogen-bond acceptors (Lipinski definition) is 5. The molecular weight excluding hydrogens is 226 g/mol. The van der Waals surface area contributed by atoms with Crippen molar-refractivity contribution in [2.45, 2.75) is 0 Å². The Morgan fingerprint density at radius 1 is 1.35 bits per heavy atom. The molecule has 0 aromatic heterocycles. The van der Waals surface area contributed by atoms with Crippen LogP contribution >= 0.6 is 0 Å². The monoisotopic (exact) mass is 235 g/mol. The average molecular weight is 235 g/mol. The molecule has 2 amide bonds. The molecule has 88 valence electrons. The van der Waals surface area contributed by atoms with Crippen LogP contribution in [0.25, 0.3) is 0 Å². The first-order chi connectivity index (χ1) is 8.06. The summed E-state index contributed by atoms with van der Waals surface area (Å²) in [6, 6.07) is 4.19. The lowest BCUT2D eigenvalue weighted by molar-refractivity contribution is -0.140. The average Bonchev–Trinajstić information content (AvgIpc) is 2.55. The number of imide groups is 1. The highest BCUT2D eigenvalue weighted by Crippen LogP contribution is 2.29. The van der Waals surface area contributed by atoms with Crippen LogP contribution in [-0.2, 0) is 9.53 Å². The number of phenolic OH excluding ortho intramolecular Hbond substituents is 1. The van der Waals surface area contributed by atoms with Crippen LogP contribution in [-0.4, -0.2) is 41.4 Å². The number of hydrogen-bond donors (Lipinski definition) is 1. The van der Waals surface area contributed by atoms with Crippen LogP contribution in [0.15, 0.2) is 18.2 Å². The van der Waals surface area contributed by atoms with Crippen molar-refractivity contribution in [3.05, 3.63) is 29.3 Å². The summed E-state index contributed by atoms with van der Waals surface area (Å²) in [5.74, 6) is -2.26. The number of aromatic hydroxyl groups is 1. The second kappa shape index (κ2) is 3.89. The van der Waals surface area contributed by atoms with E-state index in [1.165, 1.54) is 18.2 Å². The number of carbonyl (C=O) groups is 3. The van der Waals surface area contributed by atoms with Gasteiger partial charge >= 0.3 is 5.97 Å². The third-order valence-corrected chi connectivity index (χ3v) is 2.49. The molecule has 1 aliphatic rings. The molecule has 6 nitrogen and oxygen atoms in total. The quantitative estimate of drug-likeness (QED) is 0.583. The molecule has 1 N–H and O–H groups in total. The fraction of sp³-hybridized carbons (Fsp3) is 0.182. The normalized spacial score (nSPS) is 13.8. The SMILES string of the molecule is COC(=O)CN1C(=O)c2cccc(O)c2C1=O. The minimum absolute atomic E-state index is 0.0681. The van der Waals surface area contributed by atoms with Gasteiger partial charge in [0.15, 0.2) is 0 Å². The van der Waals surface area contributed by atoms with Gasteiger partial charge in [0.05, 0.1) is 18.2 Å². The fourth-order valence-corrected chi connectivity index (χ4v) is 1.65. The molecule has 2 rings (SSSR count). The topological polar surface area (TPSA) is 83.9 Å². The Balaban J connectivity index is 2.39. The minimum Gasteiger partial charge on any atom is -0.507 e. The van der Waals surface area contributed by atoms with E-state index in [2.05, 4.69) is 4.74 Å². The molecule has 6 heteroatoms.